The Labute approximate surface area is 495 Å². The van der Waals surface area contributed by atoms with Crippen LogP contribution >= 0.6 is 23.5 Å². The fourth-order valence-electron chi connectivity index (χ4n) is 8.91. The molecule has 1 aromatic carbocycles. The van der Waals surface area contributed by atoms with E-state index in [0.717, 1.165) is 34.5 Å². The molecule has 26 nitrogen and oxygen atoms in total. The lowest BCUT2D eigenvalue weighted by molar-refractivity contribution is -0.189. The van der Waals surface area contributed by atoms with Crippen LogP contribution in [0, 0.1) is 5.92 Å². The highest BCUT2D eigenvalue weighted by molar-refractivity contribution is 8.00. The van der Waals surface area contributed by atoms with E-state index in [1.807, 2.05) is 30.3 Å². The molecule has 2 aromatic heterocycles. The monoisotopic (exact) mass is 1230 g/mol. The number of likely N-dealkylation sites (N-methyl/N-ethyl adjacent to an activating group) is 1. The van der Waals surface area contributed by atoms with E-state index in [-0.39, 0.29) is 142 Å². The van der Waals surface area contributed by atoms with Crippen molar-refractivity contribution in [3.05, 3.63) is 63.4 Å². The van der Waals surface area contributed by atoms with Gasteiger partial charge in [-0.05, 0) is 57.9 Å². The van der Waals surface area contributed by atoms with Crippen molar-refractivity contribution in [3.8, 4) is 11.4 Å². The number of ketones is 3. The third-order valence-electron chi connectivity index (χ3n) is 13.7. The van der Waals surface area contributed by atoms with E-state index >= 15 is 0 Å². The summed E-state index contributed by atoms with van der Waals surface area (Å²) in [6, 6.07) is 10.2. The van der Waals surface area contributed by atoms with Crippen LogP contribution < -0.4 is 26.8 Å². The maximum atomic E-state index is 14.0. The molecule has 462 valence electrons. The number of carbonyl (C=O) groups excluding carboxylic acids is 8. The van der Waals surface area contributed by atoms with Crippen LogP contribution in [0.15, 0.2) is 41.2 Å². The summed E-state index contributed by atoms with van der Waals surface area (Å²) in [6.07, 6.45) is -6.48. The predicted molar refractivity (Wildman–Crippen MR) is 308 cm³/mol. The summed E-state index contributed by atoms with van der Waals surface area (Å²) in [6.45, 7) is 2.91. The van der Waals surface area contributed by atoms with Gasteiger partial charge in [-0.25, -0.2) is 9.78 Å². The molecular formula is C55H74N6O20S3. The first kappa shape index (κ1) is 68.8. The third kappa shape index (κ3) is 19.8. The van der Waals surface area contributed by atoms with Crippen molar-refractivity contribution >= 4 is 98.2 Å². The van der Waals surface area contributed by atoms with Gasteiger partial charge in [-0.1, -0.05) is 25.1 Å². The van der Waals surface area contributed by atoms with Gasteiger partial charge in [0, 0.05) is 85.8 Å². The SMILES string of the molecule is CC[C@@]1(OC(=O)CNC(=O)C(CSCC(=O)CCCNC(=O)[C@@H](O)[C@H](O)[C@H](O)[C@@H](O)S(=O)CCCNC(=O)CSCC(NC)C(=O)O)CC(=O)CCOCCCOCCC(C)=O)C(=O)OCc2c1cc1n(c2=O)Cc2cc3ccccc3nc2-1. The zero-order valence-electron chi connectivity index (χ0n) is 47.0. The highest BCUT2D eigenvalue weighted by Crippen LogP contribution is 2.41. The molecule has 4 heterocycles. The number of hydrogen-bond acceptors (Lipinski definition) is 23. The first-order valence-corrected chi connectivity index (χ1v) is 31.0. The zero-order chi connectivity index (χ0) is 61.5. The minimum atomic E-state index is -2.28. The fraction of sp³-hybridized carbons (Fsp3) is 0.582. The lowest BCUT2D eigenvalue weighted by Gasteiger charge is -2.35. The van der Waals surface area contributed by atoms with E-state index < -0.39 is 99.8 Å². The molecular weight excluding hydrogens is 1160 g/mol. The summed E-state index contributed by atoms with van der Waals surface area (Å²) in [7, 11) is -0.717. The van der Waals surface area contributed by atoms with E-state index in [1.165, 1.54) is 18.5 Å². The number of para-hydroxylation sites is 1. The number of esters is 2. The van der Waals surface area contributed by atoms with Crippen molar-refractivity contribution in [3.63, 3.8) is 0 Å². The molecule has 0 aliphatic carbocycles. The smallest absolute Gasteiger partial charge is 0.355 e. The number of nitrogens with zero attached hydrogens (tertiary/aromatic N) is 2. The third-order valence-corrected chi connectivity index (χ3v) is 17.4. The summed E-state index contributed by atoms with van der Waals surface area (Å²) in [5, 5.41) is 61.5. The van der Waals surface area contributed by atoms with Gasteiger partial charge in [0.05, 0.1) is 70.4 Å². The largest absolute Gasteiger partial charge is 0.480 e. The summed E-state index contributed by atoms with van der Waals surface area (Å²) < 4.78 is 36.4. The van der Waals surface area contributed by atoms with E-state index in [2.05, 4.69) is 21.3 Å². The van der Waals surface area contributed by atoms with Crippen molar-refractivity contribution < 1.29 is 91.8 Å². The molecule has 9 N–H and O–H groups in total. The number of pyridine rings is 2. The maximum absolute atomic E-state index is 14.0. The highest BCUT2D eigenvalue weighted by Gasteiger charge is 2.50. The standard InChI is InChI=1S/C55H74N6O20S3/c1-4-55(39-24-42-45-34(22-33-10-5-6-12-40(33)60-45)26-61(42)51(72)38(39)27-80-54(55)76)81-44(66)25-59-49(70)35(23-36(63)14-20-79-18-9-17-78-19-13-32(2)62)28-82-29-37(64)11-7-15-58-50(71)47(68)46(67)48(69)53(75)84(77)21-8-16-57-43(65)31-83-30-41(56-3)52(73)74/h5-6,10,12,22,24,35,41,46-48,53,56,67-69,75H,4,7-9,11,13-21,23,25-31H2,1-3H3,(H,57,65)(H,58,71)(H,59,70)(H,73,74)/t35?,41?,46-,47-,48-,53-,55-,84?/m0/s1. The average Bonchev–Trinajstić information content (AvgIpc) is 1.58. The van der Waals surface area contributed by atoms with Gasteiger partial charge in [-0.3, -0.25) is 47.4 Å². The molecule has 0 spiro atoms. The number of benzene rings is 1. The molecule has 0 fully saturated rings. The number of amides is 3. The quantitative estimate of drug-likeness (QED) is 0.0198. The minimum Gasteiger partial charge on any atom is -0.480 e. The van der Waals surface area contributed by atoms with Gasteiger partial charge in [0.2, 0.25) is 17.4 Å². The second kappa shape index (κ2) is 34.2. The summed E-state index contributed by atoms with van der Waals surface area (Å²) in [5.74, 6) is -7.48. The number of carboxylic acid groups (broad SMARTS) is 1. The van der Waals surface area contributed by atoms with E-state index in [9.17, 15) is 72.6 Å². The van der Waals surface area contributed by atoms with Crippen LogP contribution in [-0.4, -0.2) is 204 Å². The number of ether oxygens (including phenoxy) is 4. The highest BCUT2D eigenvalue weighted by atomic mass is 32.2. The van der Waals surface area contributed by atoms with Gasteiger partial charge in [0.1, 0.15) is 48.8 Å². The number of aliphatic hydroxyl groups is 4. The van der Waals surface area contributed by atoms with E-state index in [1.54, 1.807) is 13.0 Å². The Kier molecular flexibility index (Phi) is 28.0. The Morgan fingerprint density at radius 3 is 2.24 bits per heavy atom. The molecule has 0 saturated heterocycles. The molecule has 84 heavy (non-hydrogen) atoms. The van der Waals surface area contributed by atoms with Crippen LogP contribution in [0.1, 0.15) is 81.9 Å². The normalized spacial score (nSPS) is 16.8. The molecule has 0 radical (unpaired) electrons. The molecule has 3 unspecified atom stereocenters. The molecule has 3 aromatic rings. The molecule has 0 saturated carbocycles. The second-order valence-electron chi connectivity index (χ2n) is 19.9. The first-order valence-electron chi connectivity index (χ1n) is 27.3. The molecule has 29 heteroatoms. The van der Waals surface area contributed by atoms with Crippen molar-refractivity contribution in [2.24, 2.45) is 5.92 Å². The van der Waals surface area contributed by atoms with Crippen molar-refractivity contribution in [2.75, 3.05) is 81.9 Å². The van der Waals surface area contributed by atoms with Gasteiger partial charge in [-0.15, -0.1) is 11.8 Å². The Hall–Kier alpha value is -6.02. The topological polar surface area (TPSA) is 392 Å². The molecule has 2 aliphatic heterocycles. The number of thioether (sulfide) groups is 2. The van der Waals surface area contributed by atoms with Gasteiger partial charge < -0.3 is 70.3 Å². The predicted octanol–water partition coefficient (Wildman–Crippen LogP) is -0.625. The number of fused-ring (bicyclic) bond motifs is 5. The summed E-state index contributed by atoms with van der Waals surface area (Å²) in [4.78, 5) is 133. The Bertz CT molecular complexity index is 2930. The number of carbonyl (C=O) groups is 9. The number of aromatic nitrogens is 2. The van der Waals surface area contributed by atoms with Crippen molar-refractivity contribution in [1.82, 2.24) is 30.8 Å². The summed E-state index contributed by atoms with van der Waals surface area (Å²) >= 11 is 2.11. The lowest BCUT2D eigenvalue weighted by atomic mass is 9.85. The number of Topliss-reactive ketones (excluding diaryl/α,β-unsaturated/α-hetero) is 3. The van der Waals surface area contributed by atoms with Crippen LogP contribution in [0.25, 0.3) is 22.3 Å². The second-order valence-corrected chi connectivity index (χ2v) is 23.6. The first-order chi connectivity index (χ1) is 40.1. The van der Waals surface area contributed by atoms with Crippen LogP contribution in [0.3, 0.4) is 0 Å². The molecule has 5 rings (SSSR count). The molecule has 8 atom stereocenters. The van der Waals surface area contributed by atoms with E-state index in [0.29, 0.717) is 36.4 Å². The van der Waals surface area contributed by atoms with Crippen molar-refractivity contribution in [2.45, 2.75) is 114 Å². The fourth-order valence-corrected chi connectivity index (χ4v) is 12.0. The number of carboxylic acids is 1. The van der Waals surface area contributed by atoms with Gasteiger partial charge in [0.15, 0.2) is 11.5 Å². The number of cyclic esters (lactones) is 1. The number of hydrogen-bond donors (Lipinski definition) is 9. The summed E-state index contributed by atoms with van der Waals surface area (Å²) in [5.41, 5.74) is -1.91. The number of nitrogens with one attached hydrogen (secondary N) is 4. The molecule has 0 bridgehead atoms. The van der Waals surface area contributed by atoms with Gasteiger partial charge in [0.25, 0.3) is 11.5 Å². The van der Waals surface area contributed by atoms with Crippen LogP contribution in [0.4, 0.5) is 0 Å². The van der Waals surface area contributed by atoms with Crippen LogP contribution in [-0.2, 0) is 91.7 Å². The zero-order valence-corrected chi connectivity index (χ0v) is 49.4. The Morgan fingerprint density at radius 1 is 0.833 bits per heavy atom. The molecule has 3 amide bonds. The minimum absolute atomic E-state index is 0.00230. The Morgan fingerprint density at radius 2 is 1.54 bits per heavy atom. The number of aliphatic hydroxyl groups excluding tert-OH is 4. The maximum Gasteiger partial charge on any atom is 0.355 e. The Balaban J connectivity index is 1.10. The van der Waals surface area contributed by atoms with Crippen LogP contribution in [0.5, 0.6) is 0 Å². The van der Waals surface area contributed by atoms with Gasteiger partial charge >= 0.3 is 17.9 Å². The van der Waals surface area contributed by atoms with Gasteiger partial charge in [-0.2, -0.15) is 11.8 Å². The van der Waals surface area contributed by atoms with Crippen molar-refractivity contribution in [1.29, 1.82) is 0 Å². The lowest BCUT2D eigenvalue weighted by Crippen LogP contribution is -2.52. The number of aliphatic carboxylic acids is 1. The van der Waals surface area contributed by atoms with E-state index in [4.69, 9.17) is 29.0 Å². The average molecular weight is 1240 g/mol. The number of rotatable bonds is 40. The molecule has 2 aliphatic rings. The van der Waals surface area contributed by atoms with Crippen LogP contribution in [0.2, 0.25) is 0 Å².